The lowest BCUT2D eigenvalue weighted by molar-refractivity contribution is -0.174. The van der Waals surface area contributed by atoms with Crippen molar-refractivity contribution in [1.29, 1.82) is 0 Å². The molecular weight excluding hydrogens is 218 g/mol. The smallest absolute Gasteiger partial charge is 0.207 e. The molecule has 0 amide bonds. The molecule has 0 aliphatic carbocycles. The van der Waals surface area contributed by atoms with Crippen molar-refractivity contribution in [2.45, 2.75) is 12.2 Å². The normalized spacial score (nSPS) is 21.6. The highest BCUT2D eigenvalue weighted by atomic mass is 16.8. The molecule has 0 saturated carbocycles. The van der Waals surface area contributed by atoms with Crippen LogP contribution in [0.15, 0.2) is 24.4 Å². The highest BCUT2D eigenvalue weighted by Gasteiger charge is 2.40. The fraction of sp³-hybridized carbons (Fsp3) is 0.385. The van der Waals surface area contributed by atoms with Crippen molar-refractivity contribution < 1.29 is 14.2 Å². The Balaban J connectivity index is 1.88. The number of ether oxygens (including phenoxy) is 3. The minimum Gasteiger partial charge on any atom is -0.487 e. The number of hydrogen-bond acceptors (Lipinski definition) is 3. The second-order valence-corrected chi connectivity index (χ2v) is 4.57. The first-order valence-electron chi connectivity index (χ1n) is 5.86. The molecule has 0 unspecified atom stereocenters. The molecule has 1 fully saturated rings. The van der Waals surface area contributed by atoms with Crippen LogP contribution in [-0.4, -0.2) is 30.6 Å². The van der Waals surface area contributed by atoms with Gasteiger partial charge in [-0.2, -0.15) is 0 Å². The summed E-state index contributed by atoms with van der Waals surface area (Å²) in [6.07, 6.45) is 2.76. The Kier molecular flexibility index (Phi) is 1.81. The number of H-pyrrole nitrogens is 1. The van der Waals surface area contributed by atoms with Crippen LogP contribution >= 0.6 is 0 Å². The molecule has 3 heterocycles. The van der Waals surface area contributed by atoms with E-state index >= 15 is 0 Å². The minimum atomic E-state index is -0.589. The summed E-state index contributed by atoms with van der Waals surface area (Å²) >= 11 is 0. The topological polar surface area (TPSA) is 43.5 Å². The van der Waals surface area contributed by atoms with Gasteiger partial charge in [0, 0.05) is 23.5 Å². The Bertz CT molecular complexity index is 569. The molecule has 1 N–H and O–H groups in total. The molecular formula is C13H13NO3. The maximum Gasteiger partial charge on any atom is 0.207 e. The van der Waals surface area contributed by atoms with Crippen LogP contribution in [0.5, 0.6) is 5.75 Å². The average molecular weight is 231 g/mol. The van der Waals surface area contributed by atoms with Crippen molar-refractivity contribution in [1.82, 2.24) is 4.98 Å². The number of hydrogen-bond donors (Lipinski definition) is 1. The van der Waals surface area contributed by atoms with Gasteiger partial charge in [0.15, 0.2) is 0 Å². The summed E-state index contributed by atoms with van der Waals surface area (Å²) in [5, 5.41) is 1.16. The summed E-state index contributed by atoms with van der Waals surface area (Å²) in [6.45, 7) is 1.75. The molecule has 2 aliphatic rings. The lowest BCUT2D eigenvalue weighted by atomic mass is 10.1. The summed E-state index contributed by atoms with van der Waals surface area (Å²) in [7, 11) is 0. The molecule has 4 nitrogen and oxygen atoms in total. The van der Waals surface area contributed by atoms with Gasteiger partial charge in [-0.15, -0.1) is 0 Å². The van der Waals surface area contributed by atoms with E-state index in [1.54, 1.807) is 0 Å². The third kappa shape index (κ3) is 1.31. The molecule has 0 bridgehead atoms. The van der Waals surface area contributed by atoms with E-state index in [1.807, 2.05) is 18.3 Å². The molecule has 1 saturated heterocycles. The zero-order valence-electron chi connectivity index (χ0n) is 9.36. The summed E-state index contributed by atoms with van der Waals surface area (Å²) in [5.41, 5.74) is 2.31. The van der Waals surface area contributed by atoms with E-state index in [2.05, 4.69) is 11.1 Å². The Morgan fingerprint density at radius 2 is 2.06 bits per heavy atom. The van der Waals surface area contributed by atoms with Crippen molar-refractivity contribution >= 4 is 10.9 Å². The van der Waals surface area contributed by atoms with Crippen LogP contribution in [0.2, 0.25) is 0 Å². The average Bonchev–Trinajstić information content (AvgIpc) is 2.91. The van der Waals surface area contributed by atoms with Crippen molar-refractivity contribution in [2.75, 3.05) is 19.8 Å². The standard InChI is InChI=1S/C13H13NO3/c1-2-10-12-9(7-14-10)6-13(16-4-5-17-13)8-15-11(12)3-1/h1-3,7,14H,4-6,8H2. The van der Waals surface area contributed by atoms with Gasteiger partial charge in [-0.3, -0.25) is 0 Å². The third-order valence-electron chi connectivity index (χ3n) is 3.47. The fourth-order valence-corrected chi connectivity index (χ4v) is 2.69. The van der Waals surface area contributed by atoms with Gasteiger partial charge in [-0.05, 0) is 17.7 Å². The van der Waals surface area contributed by atoms with E-state index in [4.69, 9.17) is 14.2 Å². The van der Waals surface area contributed by atoms with Crippen LogP contribution < -0.4 is 4.74 Å². The summed E-state index contributed by atoms with van der Waals surface area (Å²) in [6, 6.07) is 6.04. The van der Waals surface area contributed by atoms with Crippen molar-refractivity contribution in [3.63, 3.8) is 0 Å². The van der Waals surface area contributed by atoms with Gasteiger partial charge in [-0.1, -0.05) is 6.07 Å². The lowest BCUT2D eigenvalue weighted by Crippen LogP contribution is -2.38. The van der Waals surface area contributed by atoms with Gasteiger partial charge < -0.3 is 19.2 Å². The van der Waals surface area contributed by atoms with Crippen LogP contribution in [0.3, 0.4) is 0 Å². The van der Waals surface area contributed by atoms with Crippen molar-refractivity contribution in [3.8, 4) is 5.75 Å². The van der Waals surface area contributed by atoms with Crippen molar-refractivity contribution in [2.24, 2.45) is 0 Å². The van der Waals surface area contributed by atoms with Gasteiger partial charge in [-0.25, -0.2) is 0 Å². The monoisotopic (exact) mass is 231 g/mol. The molecule has 1 aromatic carbocycles. The first kappa shape index (κ1) is 9.50. The number of rotatable bonds is 0. The largest absolute Gasteiger partial charge is 0.487 e. The molecule has 2 aromatic rings. The molecule has 1 spiro atoms. The Labute approximate surface area is 98.5 Å². The minimum absolute atomic E-state index is 0.459. The van der Waals surface area contributed by atoms with Gasteiger partial charge in [0.1, 0.15) is 12.4 Å². The first-order valence-corrected chi connectivity index (χ1v) is 5.86. The lowest BCUT2D eigenvalue weighted by Gasteiger charge is -2.24. The Morgan fingerprint density at radius 3 is 2.94 bits per heavy atom. The van der Waals surface area contributed by atoms with Gasteiger partial charge >= 0.3 is 0 Å². The molecule has 0 atom stereocenters. The van der Waals surface area contributed by atoms with Gasteiger partial charge in [0.25, 0.3) is 0 Å². The Hall–Kier alpha value is -1.52. The third-order valence-corrected chi connectivity index (χ3v) is 3.47. The van der Waals surface area contributed by atoms with E-state index < -0.39 is 5.79 Å². The second-order valence-electron chi connectivity index (χ2n) is 4.57. The molecule has 4 heteroatoms. The molecule has 0 radical (unpaired) electrons. The summed E-state index contributed by atoms with van der Waals surface area (Å²) in [4.78, 5) is 3.26. The molecule has 88 valence electrons. The number of benzene rings is 1. The maximum atomic E-state index is 5.85. The molecule has 1 aromatic heterocycles. The number of nitrogens with one attached hydrogen (secondary N) is 1. The van der Waals surface area contributed by atoms with E-state index in [0.717, 1.165) is 23.1 Å². The van der Waals surface area contributed by atoms with Crippen LogP contribution in [0, 0.1) is 0 Å². The van der Waals surface area contributed by atoms with Crippen LogP contribution in [0.1, 0.15) is 5.56 Å². The Morgan fingerprint density at radius 1 is 1.18 bits per heavy atom. The molecule has 4 rings (SSSR count). The zero-order valence-corrected chi connectivity index (χ0v) is 9.36. The van der Waals surface area contributed by atoms with Crippen LogP contribution in [0.25, 0.3) is 10.9 Å². The highest BCUT2D eigenvalue weighted by molar-refractivity contribution is 5.89. The maximum absolute atomic E-state index is 5.85. The quantitative estimate of drug-likeness (QED) is 0.752. The fourth-order valence-electron chi connectivity index (χ4n) is 2.69. The van der Waals surface area contributed by atoms with Crippen LogP contribution in [0.4, 0.5) is 0 Å². The summed E-state index contributed by atoms with van der Waals surface area (Å²) in [5.74, 6) is 0.323. The predicted octanol–water partition coefficient (Wildman–Crippen LogP) is 1.85. The predicted molar refractivity (Wildman–Crippen MR) is 62.1 cm³/mol. The SMILES string of the molecule is c1cc2c3c(c[nH]c3c1)CC1(CO2)OCCO1. The van der Waals surface area contributed by atoms with E-state index in [9.17, 15) is 0 Å². The number of aromatic amines is 1. The van der Waals surface area contributed by atoms with E-state index in [-0.39, 0.29) is 0 Å². The van der Waals surface area contributed by atoms with Crippen LogP contribution in [-0.2, 0) is 15.9 Å². The molecule has 2 aliphatic heterocycles. The van der Waals surface area contributed by atoms with Gasteiger partial charge in [0.05, 0.1) is 13.2 Å². The zero-order chi connectivity index (χ0) is 11.3. The van der Waals surface area contributed by atoms with Gasteiger partial charge in [0.2, 0.25) is 5.79 Å². The van der Waals surface area contributed by atoms with Crippen molar-refractivity contribution in [3.05, 3.63) is 30.0 Å². The first-order chi connectivity index (χ1) is 8.36. The molecule has 17 heavy (non-hydrogen) atoms. The van der Waals surface area contributed by atoms with E-state index in [1.165, 1.54) is 5.56 Å². The highest BCUT2D eigenvalue weighted by Crippen LogP contribution is 2.37. The second kappa shape index (κ2) is 3.24. The summed E-state index contributed by atoms with van der Waals surface area (Å²) < 4.78 is 17.3. The van der Waals surface area contributed by atoms with E-state index in [0.29, 0.717) is 19.8 Å². The number of aromatic nitrogens is 1.